The SMILES string of the molecule is Cc1ccc2c(c1)OC1=NSc3ccccc3N1C2=O. The van der Waals surface area contributed by atoms with Crippen molar-refractivity contribution in [3.8, 4) is 5.75 Å². The van der Waals surface area contributed by atoms with E-state index in [-0.39, 0.29) is 5.91 Å². The lowest BCUT2D eigenvalue weighted by Crippen LogP contribution is -2.45. The van der Waals surface area contributed by atoms with Crippen LogP contribution in [0.1, 0.15) is 15.9 Å². The van der Waals surface area contributed by atoms with E-state index >= 15 is 0 Å². The van der Waals surface area contributed by atoms with E-state index in [4.69, 9.17) is 4.74 Å². The molecule has 4 rings (SSSR count). The van der Waals surface area contributed by atoms with E-state index in [0.29, 0.717) is 17.3 Å². The third-order valence-corrected chi connectivity index (χ3v) is 4.08. The van der Waals surface area contributed by atoms with Crippen LogP contribution in [-0.4, -0.2) is 11.9 Å². The highest BCUT2D eigenvalue weighted by atomic mass is 32.2. The number of anilines is 1. The zero-order valence-electron chi connectivity index (χ0n) is 10.7. The molecule has 2 aromatic carbocycles. The summed E-state index contributed by atoms with van der Waals surface area (Å²) in [7, 11) is 0. The van der Waals surface area contributed by atoms with Crippen molar-refractivity contribution < 1.29 is 9.53 Å². The van der Waals surface area contributed by atoms with Crippen LogP contribution < -0.4 is 9.64 Å². The molecule has 20 heavy (non-hydrogen) atoms. The molecule has 0 atom stereocenters. The molecule has 0 spiro atoms. The van der Waals surface area contributed by atoms with Crippen LogP contribution in [0.25, 0.3) is 0 Å². The number of benzene rings is 2. The van der Waals surface area contributed by atoms with Crippen LogP contribution in [0.5, 0.6) is 5.75 Å². The van der Waals surface area contributed by atoms with Gasteiger partial charge in [0.15, 0.2) is 0 Å². The van der Waals surface area contributed by atoms with Crippen LogP contribution in [0.3, 0.4) is 0 Å². The van der Waals surface area contributed by atoms with Crippen molar-refractivity contribution in [1.29, 1.82) is 0 Å². The number of fused-ring (bicyclic) bond motifs is 4. The van der Waals surface area contributed by atoms with Gasteiger partial charge in [-0.15, -0.1) is 0 Å². The van der Waals surface area contributed by atoms with Crippen LogP contribution >= 0.6 is 11.9 Å². The quantitative estimate of drug-likeness (QED) is 0.695. The van der Waals surface area contributed by atoms with Gasteiger partial charge in [-0.2, -0.15) is 4.40 Å². The van der Waals surface area contributed by atoms with Crippen molar-refractivity contribution in [2.75, 3.05) is 4.90 Å². The molecule has 0 saturated carbocycles. The molecule has 4 nitrogen and oxygen atoms in total. The highest BCUT2D eigenvalue weighted by Gasteiger charge is 2.36. The summed E-state index contributed by atoms with van der Waals surface area (Å²) in [6, 6.07) is 13.6. The molecule has 2 heterocycles. The number of hydrogen-bond donors (Lipinski definition) is 0. The lowest BCUT2D eigenvalue weighted by atomic mass is 10.1. The van der Waals surface area contributed by atoms with Crippen LogP contribution in [0.2, 0.25) is 0 Å². The number of carbonyl (C=O) groups is 1. The van der Waals surface area contributed by atoms with Crippen molar-refractivity contribution in [1.82, 2.24) is 0 Å². The van der Waals surface area contributed by atoms with Crippen LogP contribution in [0.4, 0.5) is 5.69 Å². The summed E-state index contributed by atoms with van der Waals surface area (Å²) in [6.45, 7) is 1.97. The molecule has 98 valence electrons. The zero-order valence-corrected chi connectivity index (χ0v) is 11.5. The van der Waals surface area contributed by atoms with Gasteiger partial charge in [-0.1, -0.05) is 18.2 Å². The van der Waals surface area contributed by atoms with E-state index in [1.54, 1.807) is 6.07 Å². The molecule has 2 aliphatic rings. The summed E-state index contributed by atoms with van der Waals surface area (Å²) in [5, 5.41) is 0. The largest absolute Gasteiger partial charge is 0.424 e. The summed E-state index contributed by atoms with van der Waals surface area (Å²) in [4.78, 5) is 15.2. The standard InChI is InChI=1S/C15H10N2O2S/c1-9-6-7-10-12(8-9)19-15-16-20-13-5-3-2-4-11(13)17(15)14(10)18/h2-8H,1H3. The Bertz CT molecular complexity index is 770. The fourth-order valence-electron chi connectivity index (χ4n) is 2.32. The Kier molecular flexibility index (Phi) is 2.37. The Morgan fingerprint density at radius 2 is 2.05 bits per heavy atom. The predicted octanol–water partition coefficient (Wildman–Crippen LogP) is 3.41. The normalized spacial score (nSPS) is 15.8. The van der Waals surface area contributed by atoms with Gasteiger partial charge in [-0.3, -0.25) is 4.79 Å². The van der Waals surface area contributed by atoms with Crippen molar-refractivity contribution in [3.05, 3.63) is 53.6 Å². The summed E-state index contributed by atoms with van der Waals surface area (Å²) >= 11 is 1.32. The highest BCUT2D eigenvalue weighted by molar-refractivity contribution is 7.98. The Morgan fingerprint density at radius 1 is 1.20 bits per heavy atom. The summed E-state index contributed by atoms with van der Waals surface area (Å²) in [5.41, 5.74) is 2.43. The maximum absolute atomic E-state index is 12.7. The van der Waals surface area contributed by atoms with E-state index < -0.39 is 0 Å². The monoisotopic (exact) mass is 282 g/mol. The molecule has 0 saturated heterocycles. The molecular formula is C15H10N2O2S. The summed E-state index contributed by atoms with van der Waals surface area (Å²) in [6.07, 6.45) is 0. The number of rotatable bonds is 0. The molecule has 0 radical (unpaired) electrons. The van der Waals surface area contributed by atoms with Gasteiger partial charge < -0.3 is 4.74 Å². The molecular weight excluding hydrogens is 272 g/mol. The van der Waals surface area contributed by atoms with E-state index in [1.807, 2.05) is 43.3 Å². The van der Waals surface area contributed by atoms with Crippen LogP contribution in [0.15, 0.2) is 51.8 Å². The first-order valence-corrected chi connectivity index (χ1v) is 6.98. The van der Waals surface area contributed by atoms with E-state index in [2.05, 4.69) is 4.40 Å². The van der Waals surface area contributed by atoms with Crippen molar-refractivity contribution >= 4 is 29.6 Å². The van der Waals surface area contributed by atoms with Gasteiger partial charge in [0, 0.05) is 11.9 Å². The first kappa shape index (κ1) is 11.5. The van der Waals surface area contributed by atoms with Crippen molar-refractivity contribution in [2.45, 2.75) is 11.8 Å². The molecule has 0 bridgehead atoms. The lowest BCUT2D eigenvalue weighted by molar-refractivity contribution is 0.0989. The molecule has 0 unspecified atom stereocenters. The number of ether oxygens (including phenoxy) is 1. The zero-order chi connectivity index (χ0) is 13.7. The molecule has 2 aromatic rings. The van der Waals surface area contributed by atoms with Crippen molar-refractivity contribution in [3.63, 3.8) is 0 Å². The lowest BCUT2D eigenvalue weighted by Gasteiger charge is -2.32. The molecule has 2 aliphatic heterocycles. The summed E-state index contributed by atoms with van der Waals surface area (Å²) < 4.78 is 10.1. The fraction of sp³-hybridized carbons (Fsp3) is 0.0667. The van der Waals surface area contributed by atoms with Gasteiger partial charge in [0.1, 0.15) is 5.75 Å². The number of carbonyl (C=O) groups excluding carboxylic acids is 1. The second-order valence-corrected chi connectivity index (χ2v) is 5.48. The average Bonchev–Trinajstić information content (AvgIpc) is 2.46. The average molecular weight is 282 g/mol. The fourth-order valence-corrected chi connectivity index (χ4v) is 3.01. The Labute approximate surface area is 120 Å². The Balaban J connectivity index is 1.90. The number of aryl methyl sites for hydroxylation is 1. The number of hydrogen-bond acceptors (Lipinski definition) is 4. The number of nitrogens with zero attached hydrogens (tertiary/aromatic N) is 2. The van der Waals surface area contributed by atoms with E-state index in [1.165, 1.54) is 16.8 Å². The first-order valence-electron chi connectivity index (χ1n) is 6.21. The van der Waals surface area contributed by atoms with Crippen LogP contribution in [-0.2, 0) is 0 Å². The number of amides is 1. The van der Waals surface area contributed by atoms with E-state index in [0.717, 1.165) is 16.1 Å². The second kappa shape index (κ2) is 4.11. The molecule has 0 aliphatic carbocycles. The number of amidine groups is 1. The molecule has 5 heteroatoms. The van der Waals surface area contributed by atoms with Gasteiger partial charge in [0.2, 0.25) is 0 Å². The Morgan fingerprint density at radius 3 is 2.95 bits per heavy atom. The minimum atomic E-state index is -0.0993. The maximum atomic E-state index is 12.7. The molecule has 0 N–H and O–H groups in total. The van der Waals surface area contributed by atoms with E-state index in [9.17, 15) is 4.79 Å². The maximum Gasteiger partial charge on any atom is 0.316 e. The molecule has 1 amide bonds. The molecule has 0 fully saturated rings. The number of para-hydroxylation sites is 1. The minimum absolute atomic E-state index is 0.0993. The van der Waals surface area contributed by atoms with Gasteiger partial charge >= 0.3 is 6.02 Å². The predicted molar refractivity (Wildman–Crippen MR) is 78.4 cm³/mol. The second-order valence-electron chi connectivity index (χ2n) is 4.68. The first-order chi connectivity index (χ1) is 9.74. The van der Waals surface area contributed by atoms with Gasteiger partial charge in [-0.25, -0.2) is 4.90 Å². The Hall–Kier alpha value is -2.27. The third kappa shape index (κ3) is 1.56. The summed E-state index contributed by atoms with van der Waals surface area (Å²) in [5.74, 6) is 0.475. The van der Waals surface area contributed by atoms with Gasteiger partial charge in [-0.05, 0) is 36.8 Å². The highest BCUT2D eigenvalue weighted by Crippen LogP contribution is 2.39. The third-order valence-electron chi connectivity index (χ3n) is 3.29. The van der Waals surface area contributed by atoms with Crippen LogP contribution in [0, 0.1) is 6.92 Å². The minimum Gasteiger partial charge on any atom is -0.424 e. The van der Waals surface area contributed by atoms with Gasteiger partial charge in [0.25, 0.3) is 5.91 Å². The van der Waals surface area contributed by atoms with Crippen molar-refractivity contribution in [2.24, 2.45) is 4.40 Å². The topological polar surface area (TPSA) is 41.9 Å². The smallest absolute Gasteiger partial charge is 0.316 e. The molecule has 0 aromatic heterocycles. The van der Waals surface area contributed by atoms with Gasteiger partial charge in [0.05, 0.1) is 16.1 Å².